The number of hydrogen-bond acceptors (Lipinski definition) is 7. The molecule has 2 aliphatic heterocycles. The molecule has 0 saturated carbocycles. The Morgan fingerprint density at radius 1 is 0.794 bits per heavy atom. The van der Waals surface area contributed by atoms with Gasteiger partial charge in [-0.3, -0.25) is 39.1 Å². The number of anilines is 1. The van der Waals surface area contributed by atoms with Crippen LogP contribution in [0.25, 0.3) is 0 Å². The van der Waals surface area contributed by atoms with E-state index in [9.17, 15) is 29.3 Å². The molecular formula is C24H26N4O6. The minimum Gasteiger partial charge on any atom is -0.399 e. The number of amides is 4. The van der Waals surface area contributed by atoms with Crippen LogP contribution < -0.4 is 5.73 Å². The van der Waals surface area contributed by atoms with Crippen molar-refractivity contribution in [3.63, 3.8) is 0 Å². The van der Waals surface area contributed by atoms with Crippen LogP contribution in [0.1, 0.15) is 36.8 Å². The van der Waals surface area contributed by atoms with Crippen molar-refractivity contribution in [2.24, 2.45) is 0 Å². The summed E-state index contributed by atoms with van der Waals surface area (Å²) in [6, 6.07) is 13.5. The number of likely N-dealkylation sites (tertiary alicyclic amines) is 2. The van der Waals surface area contributed by atoms with Crippen LogP contribution in [-0.2, 0) is 32.0 Å². The Morgan fingerprint density at radius 2 is 1.21 bits per heavy atom. The highest BCUT2D eigenvalue weighted by Crippen LogP contribution is 2.16. The average molecular weight is 466 g/mol. The van der Waals surface area contributed by atoms with Crippen molar-refractivity contribution in [3.05, 3.63) is 69.8 Å². The number of nitrogens with zero attached hydrogens (tertiary/aromatic N) is 3. The van der Waals surface area contributed by atoms with Gasteiger partial charge in [0.15, 0.2) is 0 Å². The van der Waals surface area contributed by atoms with Crippen molar-refractivity contribution in [1.29, 1.82) is 0 Å². The zero-order chi connectivity index (χ0) is 24.7. The van der Waals surface area contributed by atoms with E-state index in [4.69, 9.17) is 5.73 Å². The third-order valence-electron chi connectivity index (χ3n) is 5.68. The molecule has 0 spiro atoms. The normalized spacial score (nSPS) is 14.5. The number of imide groups is 2. The second-order valence-electron chi connectivity index (χ2n) is 8.04. The largest absolute Gasteiger partial charge is 0.399 e. The topological polar surface area (TPSA) is 144 Å². The van der Waals surface area contributed by atoms with E-state index < -0.39 is 4.92 Å². The van der Waals surface area contributed by atoms with Gasteiger partial charge in [0.2, 0.25) is 23.6 Å². The lowest BCUT2D eigenvalue weighted by molar-refractivity contribution is -0.384. The van der Waals surface area contributed by atoms with Gasteiger partial charge in [-0.15, -0.1) is 0 Å². The minimum absolute atomic E-state index is 0.0306. The summed E-state index contributed by atoms with van der Waals surface area (Å²) >= 11 is 0. The van der Waals surface area contributed by atoms with Crippen molar-refractivity contribution in [2.75, 3.05) is 18.8 Å². The molecule has 10 nitrogen and oxygen atoms in total. The molecular weight excluding hydrogens is 440 g/mol. The second-order valence-corrected chi connectivity index (χ2v) is 8.04. The molecule has 2 aliphatic rings. The third kappa shape index (κ3) is 6.47. The smallest absolute Gasteiger partial charge is 0.269 e. The molecule has 2 N–H and O–H groups in total. The lowest BCUT2D eigenvalue weighted by Gasteiger charge is -2.28. The Labute approximate surface area is 196 Å². The molecule has 4 amide bonds. The number of benzene rings is 2. The second kappa shape index (κ2) is 11.2. The van der Waals surface area contributed by atoms with E-state index in [0.717, 1.165) is 11.1 Å². The number of rotatable bonds is 7. The zero-order valence-corrected chi connectivity index (χ0v) is 18.6. The van der Waals surface area contributed by atoms with Crippen LogP contribution >= 0.6 is 0 Å². The Morgan fingerprint density at radius 3 is 1.53 bits per heavy atom. The molecule has 0 unspecified atom stereocenters. The summed E-state index contributed by atoms with van der Waals surface area (Å²) in [4.78, 5) is 57.7. The Bertz CT molecular complexity index is 1080. The van der Waals surface area contributed by atoms with E-state index in [1.165, 1.54) is 21.9 Å². The number of aryl methyl sites for hydroxylation is 2. The number of nitro groups is 1. The van der Waals surface area contributed by atoms with Gasteiger partial charge in [0, 0.05) is 56.6 Å². The molecule has 2 saturated heterocycles. The van der Waals surface area contributed by atoms with Gasteiger partial charge in [0.25, 0.3) is 5.69 Å². The fourth-order valence-electron chi connectivity index (χ4n) is 3.40. The average Bonchev–Trinajstić information content (AvgIpc) is 2.81. The van der Waals surface area contributed by atoms with E-state index in [0.29, 0.717) is 50.9 Å². The first-order chi connectivity index (χ1) is 16.2. The van der Waals surface area contributed by atoms with E-state index in [1.807, 2.05) is 24.3 Å². The Kier molecular flexibility index (Phi) is 8.07. The van der Waals surface area contributed by atoms with Crippen LogP contribution in [-0.4, -0.2) is 51.4 Å². The summed E-state index contributed by atoms with van der Waals surface area (Å²) in [5, 5.41) is 10.5. The van der Waals surface area contributed by atoms with Gasteiger partial charge in [-0.05, 0) is 36.1 Å². The van der Waals surface area contributed by atoms with Gasteiger partial charge in [0.05, 0.1) is 4.92 Å². The molecule has 2 aromatic carbocycles. The maximum absolute atomic E-state index is 11.6. The van der Waals surface area contributed by atoms with Crippen LogP contribution in [0.3, 0.4) is 0 Å². The van der Waals surface area contributed by atoms with Gasteiger partial charge < -0.3 is 5.73 Å². The third-order valence-corrected chi connectivity index (χ3v) is 5.68. The first kappa shape index (κ1) is 24.6. The van der Waals surface area contributed by atoms with Gasteiger partial charge in [0.1, 0.15) is 0 Å². The molecule has 178 valence electrons. The standard InChI is InChI=1S/C12H12N2O4.C12H14N2O2/c15-11(13-8-7-12(13)16)6-3-9-1-4-10(5-2-9)14(17)18;13-10-4-1-9(2-5-10)3-6-11(15)14-8-7-12(14)16/h1-2,4-5H,3,6-8H2;1-2,4-5H,3,6-8,13H2. The fraction of sp³-hybridized carbons (Fsp3) is 0.333. The van der Waals surface area contributed by atoms with Crippen LogP contribution in [0.15, 0.2) is 48.5 Å². The van der Waals surface area contributed by atoms with Crippen molar-refractivity contribution in [3.8, 4) is 0 Å². The first-order valence-electron chi connectivity index (χ1n) is 11.0. The predicted molar refractivity (Wildman–Crippen MR) is 123 cm³/mol. The fourth-order valence-corrected chi connectivity index (χ4v) is 3.40. The molecule has 2 heterocycles. The highest BCUT2D eigenvalue weighted by atomic mass is 16.6. The first-order valence-corrected chi connectivity index (χ1v) is 11.0. The van der Waals surface area contributed by atoms with E-state index in [-0.39, 0.29) is 35.7 Å². The molecule has 0 radical (unpaired) electrons. The predicted octanol–water partition coefficient (Wildman–Crippen LogP) is 2.25. The quantitative estimate of drug-likeness (QED) is 0.285. The molecule has 0 aliphatic carbocycles. The molecule has 0 bridgehead atoms. The molecule has 0 atom stereocenters. The number of β-lactam (4-membered cyclic amide) rings is 2. The number of nitrogen functional groups attached to an aromatic ring is 1. The van der Waals surface area contributed by atoms with Crippen LogP contribution in [0, 0.1) is 10.1 Å². The summed E-state index contributed by atoms with van der Waals surface area (Å²) in [6.07, 6.45) is 2.74. The SMILES string of the molecule is Nc1ccc(CCC(=O)N2CCC2=O)cc1.O=C(CCc1ccc([N+](=O)[O-])cc1)N1CCC1=O. The zero-order valence-electron chi connectivity index (χ0n) is 18.6. The summed E-state index contributed by atoms with van der Waals surface area (Å²) < 4.78 is 0. The lowest BCUT2D eigenvalue weighted by Crippen LogP contribution is -2.47. The van der Waals surface area contributed by atoms with Gasteiger partial charge in [-0.2, -0.15) is 0 Å². The van der Waals surface area contributed by atoms with Gasteiger partial charge >= 0.3 is 0 Å². The van der Waals surface area contributed by atoms with Crippen molar-refractivity contribution in [2.45, 2.75) is 38.5 Å². The van der Waals surface area contributed by atoms with Crippen molar-refractivity contribution in [1.82, 2.24) is 9.80 Å². The molecule has 34 heavy (non-hydrogen) atoms. The molecule has 2 aromatic rings. The highest BCUT2D eigenvalue weighted by Gasteiger charge is 2.29. The number of carbonyl (C=O) groups is 4. The lowest BCUT2D eigenvalue weighted by atomic mass is 10.1. The maximum Gasteiger partial charge on any atom is 0.269 e. The van der Waals surface area contributed by atoms with Crippen LogP contribution in [0.2, 0.25) is 0 Å². The van der Waals surface area contributed by atoms with Gasteiger partial charge in [-0.1, -0.05) is 24.3 Å². The number of nitro benzene ring substituents is 1. The summed E-state index contributed by atoms with van der Waals surface area (Å²) in [5.41, 5.74) is 8.22. The molecule has 2 fully saturated rings. The minimum atomic E-state index is -0.465. The van der Waals surface area contributed by atoms with Gasteiger partial charge in [-0.25, -0.2) is 0 Å². The van der Waals surface area contributed by atoms with E-state index in [1.54, 1.807) is 12.1 Å². The van der Waals surface area contributed by atoms with Crippen molar-refractivity contribution >= 4 is 35.0 Å². The Balaban J connectivity index is 0.000000192. The molecule has 10 heteroatoms. The van der Waals surface area contributed by atoms with Crippen LogP contribution in [0.5, 0.6) is 0 Å². The Hall–Kier alpha value is -4.08. The number of non-ortho nitro benzene ring substituents is 1. The van der Waals surface area contributed by atoms with Crippen LogP contribution in [0.4, 0.5) is 11.4 Å². The van der Waals surface area contributed by atoms with E-state index in [2.05, 4.69) is 0 Å². The van der Waals surface area contributed by atoms with Crippen molar-refractivity contribution < 1.29 is 24.1 Å². The highest BCUT2D eigenvalue weighted by molar-refractivity contribution is 6.00. The number of nitrogens with two attached hydrogens (primary N) is 1. The number of carbonyl (C=O) groups excluding carboxylic acids is 4. The summed E-state index contributed by atoms with van der Waals surface area (Å²) in [6.45, 7) is 1.09. The molecule has 4 rings (SSSR count). The number of hydrogen-bond donors (Lipinski definition) is 1. The molecule has 0 aromatic heterocycles. The van der Waals surface area contributed by atoms with E-state index >= 15 is 0 Å². The maximum atomic E-state index is 11.6. The monoisotopic (exact) mass is 466 g/mol. The summed E-state index contributed by atoms with van der Waals surface area (Å²) in [7, 11) is 0. The summed E-state index contributed by atoms with van der Waals surface area (Å²) in [5.74, 6) is -0.427.